The number of pyridine rings is 1. The Morgan fingerprint density at radius 3 is 2.72 bits per heavy atom. The molecule has 4 rings (SSSR count). The van der Waals surface area contributed by atoms with Gasteiger partial charge in [0, 0.05) is 42.3 Å². The number of halogens is 1. The van der Waals surface area contributed by atoms with Crippen molar-refractivity contribution in [1.82, 2.24) is 24.7 Å². The molecule has 124 valence electrons. The standard InChI is InChI=1S/C18H15ClN6/c1-11-7-12(14-9-22-25(2)10-14)3-4-15(11)23-18-21-8-13-5-6-20-17(19)16(13)24-18/h3-10H,1-2H3,(H,21,23,24). The summed E-state index contributed by atoms with van der Waals surface area (Å²) < 4.78 is 1.79. The second-order valence-electron chi connectivity index (χ2n) is 5.79. The van der Waals surface area contributed by atoms with Crippen LogP contribution in [0.2, 0.25) is 5.15 Å². The molecule has 0 amide bonds. The molecule has 1 N–H and O–H groups in total. The molecule has 0 aliphatic heterocycles. The Kier molecular flexibility index (Phi) is 3.82. The van der Waals surface area contributed by atoms with Crippen molar-refractivity contribution in [2.45, 2.75) is 6.92 Å². The number of aromatic nitrogens is 5. The summed E-state index contributed by atoms with van der Waals surface area (Å²) >= 11 is 6.12. The van der Waals surface area contributed by atoms with E-state index in [9.17, 15) is 0 Å². The van der Waals surface area contributed by atoms with Crippen molar-refractivity contribution in [1.29, 1.82) is 0 Å². The minimum Gasteiger partial charge on any atom is -0.324 e. The van der Waals surface area contributed by atoms with Crippen molar-refractivity contribution in [3.63, 3.8) is 0 Å². The third-order valence-corrected chi connectivity index (χ3v) is 4.24. The zero-order valence-corrected chi connectivity index (χ0v) is 14.5. The van der Waals surface area contributed by atoms with Gasteiger partial charge < -0.3 is 5.32 Å². The molecular formula is C18H15ClN6. The number of hydrogen-bond acceptors (Lipinski definition) is 5. The lowest BCUT2D eigenvalue weighted by atomic mass is 10.1. The van der Waals surface area contributed by atoms with Gasteiger partial charge in [-0.2, -0.15) is 5.10 Å². The maximum Gasteiger partial charge on any atom is 0.227 e. The van der Waals surface area contributed by atoms with Crippen molar-refractivity contribution in [3.8, 4) is 11.1 Å². The minimum absolute atomic E-state index is 0.367. The zero-order valence-electron chi connectivity index (χ0n) is 13.7. The van der Waals surface area contributed by atoms with Gasteiger partial charge in [-0.3, -0.25) is 4.68 Å². The highest BCUT2D eigenvalue weighted by Crippen LogP contribution is 2.26. The van der Waals surface area contributed by atoms with E-state index in [1.54, 1.807) is 17.1 Å². The van der Waals surface area contributed by atoms with Crippen LogP contribution in [-0.2, 0) is 7.05 Å². The van der Waals surface area contributed by atoms with Crippen LogP contribution in [0.1, 0.15) is 5.56 Å². The molecule has 0 atom stereocenters. The van der Waals surface area contributed by atoms with Gasteiger partial charge in [0.2, 0.25) is 5.95 Å². The number of hydrogen-bond donors (Lipinski definition) is 1. The highest BCUT2D eigenvalue weighted by atomic mass is 35.5. The van der Waals surface area contributed by atoms with Crippen molar-refractivity contribution < 1.29 is 0 Å². The van der Waals surface area contributed by atoms with Crippen LogP contribution in [-0.4, -0.2) is 24.7 Å². The SMILES string of the molecule is Cc1cc(-c2cnn(C)c2)ccc1Nc1ncc2ccnc(Cl)c2n1. The smallest absolute Gasteiger partial charge is 0.227 e. The van der Waals surface area contributed by atoms with Gasteiger partial charge in [0.1, 0.15) is 5.52 Å². The van der Waals surface area contributed by atoms with Crippen molar-refractivity contribution in [3.05, 3.63) is 59.8 Å². The molecule has 4 aromatic rings. The van der Waals surface area contributed by atoms with E-state index in [0.29, 0.717) is 16.6 Å². The molecule has 0 unspecified atom stereocenters. The highest BCUT2D eigenvalue weighted by Gasteiger charge is 2.08. The Morgan fingerprint density at radius 1 is 1.08 bits per heavy atom. The number of fused-ring (bicyclic) bond motifs is 1. The maximum atomic E-state index is 6.12. The molecular weight excluding hydrogens is 336 g/mol. The van der Waals surface area contributed by atoms with Crippen molar-refractivity contribution >= 4 is 34.1 Å². The van der Waals surface area contributed by atoms with E-state index in [1.807, 2.05) is 44.6 Å². The fourth-order valence-electron chi connectivity index (χ4n) is 2.66. The Morgan fingerprint density at radius 2 is 1.96 bits per heavy atom. The van der Waals surface area contributed by atoms with Crippen LogP contribution in [0.25, 0.3) is 22.0 Å². The number of nitrogens with one attached hydrogen (secondary N) is 1. The van der Waals surface area contributed by atoms with Crippen LogP contribution in [0.4, 0.5) is 11.6 Å². The molecule has 0 spiro atoms. The van der Waals surface area contributed by atoms with Crippen LogP contribution in [0, 0.1) is 6.92 Å². The summed E-state index contributed by atoms with van der Waals surface area (Å²) in [5.41, 5.74) is 4.85. The Balaban J connectivity index is 1.65. The molecule has 25 heavy (non-hydrogen) atoms. The molecule has 0 aliphatic carbocycles. The van der Waals surface area contributed by atoms with Gasteiger partial charge in [-0.25, -0.2) is 15.0 Å². The van der Waals surface area contributed by atoms with Crippen LogP contribution < -0.4 is 5.32 Å². The topological polar surface area (TPSA) is 68.5 Å². The van der Waals surface area contributed by atoms with Crippen LogP contribution >= 0.6 is 11.6 Å². The molecule has 0 radical (unpaired) electrons. The average Bonchev–Trinajstić information content (AvgIpc) is 3.04. The fraction of sp³-hybridized carbons (Fsp3) is 0.111. The molecule has 0 bridgehead atoms. The summed E-state index contributed by atoms with van der Waals surface area (Å²) in [5, 5.41) is 8.68. The molecule has 0 saturated heterocycles. The second kappa shape index (κ2) is 6.14. The number of anilines is 2. The van der Waals surface area contributed by atoms with Gasteiger partial charge >= 0.3 is 0 Å². The summed E-state index contributed by atoms with van der Waals surface area (Å²) in [5.74, 6) is 0.486. The van der Waals surface area contributed by atoms with Crippen molar-refractivity contribution in [2.24, 2.45) is 7.05 Å². The van der Waals surface area contributed by atoms with Crippen LogP contribution in [0.3, 0.4) is 0 Å². The first kappa shape index (κ1) is 15.5. The Hall–Kier alpha value is -2.99. The summed E-state index contributed by atoms with van der Waals surface area (Å²) in [6, 6.07) is 7.99. The van der Waals surface area contributed by atoms with E-state index in [-0.39, 0.29) is 0 Å². The largest absolute Gasteiger partial charge is 0.324 e. The summed E-state index contributed by atoms with van der Waals surface area (Å²) in [6.45, 7) is 2.04. The van der Waals surface area contributed by atoms with Crippen LogP contribution in [0.15, 0.2) is 49.1 Å². The van der Waals surface area contributed by atoms with Gasteiger partial charge in [-0.1, -0.05) is 17.7 Å². The summed E-state index contributed by atoms with van der Waals surface area (Å²) in [7, 11) is 1.91. The molecule has 0 fully saturated rings. The number of aryl methyl sites for hydroxylation is 2. The predicted molar refractivity (Wildman–Crippen MR) is 99.0 cm³/mol. The van der Waals surface area contributed by atoms with Gasteiger partial charge in [0.15, 0.2) is 5.15 Å². The molecule has 6 nitrogen and oxygen atoms in total. The molecule has 1 aromatic carbocycles. The van der Waals surface area contributed by atoms with E-state index in [0.717, 1.165) is 27.8 Å². The maximum absolute atomic E-state index is 6.12. The van der Waals surface area contributed by atoms with E-state index in [2.05, 4.69) is 31.4 Å². The van der Waals surface area contributed by atoms with E-state index in [4.69, 9.17) is 11.6 Å². The minimum atomic E-state index is 0.367. The van der Waals surface area contributed by atoms with Crippen molar-refractivity contribution in [2.75, 3.05) is 5.32 Å². The first-order valence-corrected chi connectivity index (χ1v) is 8.12. The van der Waals surface area contributed by atoms with Gasteiger partial charge in [0.05, 0.1) is 6.20 Å². The zero-order chi connectivity index (χ0) is 17.4. The van der Waals surface area contributed by atoms with Crippen LogP contribution in [0.5, 0.6) is 0 Å². The molecule has 7 heteroatoms. The third-order valence-electron chi connectivity index (χ3n) is 3.97. The molecule has 0 saturated carbocycles. The highest BCUT2D eigenvalue weighted by molar-refractivity contribution is 6.33. The van der Waals surface area contributed by atoms with Gasteiger partial charge in [0.25, 0.3) is 0 Å². The second-order valence-corrected chi connectivity index (χ2v) is 6.15. The lowest BCUT2D eigenvalue weighted by Gasteiger charge is -2.10. The normalized spacial score (nSPS) is 11.0. The first-order valence-electron chi connectivity index (χ1n) is 7.74. The molecule has 0 aliphatic rings. The lowest BCUT2D eigenvalue weighted by Crippen LogP contribution is -1.99. The monoisotopic (exact) mass is 350 g/mol. The summed E-state index contributed by atoms with van der Waals surface area (Å²) in [6.07, 6.45) is 7.21. The quantitative estimate of drug-likeness (QED) is 0.562. The molecule has 3 aromatic heterocycles. The Bertz CT molecular complexity index is 1070. The van der Waals surface area contributed by atoms with E-state index in [1.165, 1.54) is 0 Å². The number of rotatable bonds is 3. The average molecular weight is 351 g/mol. The van der Waals surface area contributed by atoms with Gasteiger partial charge in [-0.05, 0) is 36.2 Å². The molecule has 3 heterocycles. The fourth-order valence-corrected chi connectivity index (χ4v) is 2.86. The predicted octanol–water partition coefficient (Wildman–Crippen LogP) is 4.13. The summed E-state index contributed by atoms with van der Waals surface area (Å²) in [4.78, 5) is 12.9. The van der Waals surface area contributed by atoms with E-state index >= 15 is 0 Å². The lowest BCUT2D eigenvalue weighted by molar-refractivity contribution is 0.768. The number of nitrogens with zero attached hydrogens (tertiary/aromatic N) is 5. The first-order chi connectivity index (χ1) is 12.1. The third kappa shape index (κ3) is 3.04. The Labute approximate surface area is 149 Å². The number of benzene rings is 1. The van der Waals surface area contributed by atoms with E-state index < -0.39 is 0 Å². The van der Waals surface area contributed by atoms with Gasteiger partial charge in [-0.15, -0.1) is 0 Å².